The molecule has 0 aromatic heterocycles. The number of aliphatic hydroxyl groups is 1. The van der Waals surface area contributed by atoms with Gasteiger partial charge in [0.05, 0.1) is 24.8 Å². The zero-order chi connectivity index (χ0) is 21.0. The zero-order valence-corrected chi connectivity index (χ0v) is 17.8. The van der Waals surface area contributed by atoms with Crippen molar-refractivity contribution in [1.82, 2.24) is 4.90 Å². The lowest BCUT2D eigenvalue weighted by Crippen LogP contribution is -2.32. The van der Waals surface area contributed by atoms with Crippen LogP contribution in [-0.2, 0) is 14.3 Å². The molecule has 1 unspecified atom stereocenters. The molecule has 6 nitrogen and oxygen atoms in total. The first-order valence-electron chi connectivity index (χ1n) is 9.24. The Kier molecular flexibility index (Phi) is 6.71. The molecule has 1 saturated heterocycles. The van der Waals surface area contributed by atoms with Gasteiger partial charge in [0.2, 0.25) is 0 Å². The first kappa shape index (κ1) is 21.1. The number of rotatable bonds is 7. The number of hydrogen-bond acceptors (Lipinski definition) is 5. The number of carbonyl (C=O) groups is 2. The summed E-state index contributed by atoms with van der Waals surface area (Å²) in [5, 5.41) is 11.0. The molecule has 1 N–H and O–H groups in total. The number of Topliss-reactive ketones (excluding diaryl/α,β-unsaturated/α-hetero) is 1. The van der Waals surface area contributed by atoms with Crippen LogP contribution < -0.4 is 4.74 Å². The van der Waals surface area contributed by atoms with Gasteiger partial charge in [-0.25, -0.2) is 0 Å². The Hall–Kier alpha value is -2.64. The molecule has 7 heteroatoms. The Labute approximate surface area is 177 Å². The third-order valence-corrected chi connectivity index (χ3v) is 5.23. The molecule has 0 saturated carbocycles. The van der Waals surface area contributed by atoms with E-state index in [1.165, 1.54) is 12.0 Å². The summed E-state index contributed by atoms with van der Waals surface area (Å²) in [5.41, 5.74) is 1.24. The summed E-state index contributed by atoms with van der Waals surface area (Å²) in [4.78, 5) is 27.0. The van der Waals surface area contributed by atoms with Crippen molar-refractivity contribution >= 4 is 33.4 Å². The first-order valence-corrected chi connectivity index (χ1v) is 10.0. The van der Waals surface area contributed by atoms with Gasteiger partial charge in [-0.2, -0.15) is 0 Å². The molecular formula is C22H22BrNO5. The van der Waals surface area contributed by atoms with Gasteiger partial charge in [-0.3, -0.25) is 9.59 Å². The van der Waals surface area contributed by atoms with E-state index in [0.717, 1.165) is 10.0 Å². The van der Waals surface area contributed by atoms with Crippen LogP contribution in [0.4, 0.5) is 0 Å². The molecule has 1 heterocycles. The van der Waals surface area contributed by atoms with Crippen LogP contribution in [0.2, 0.25) is 0 Å². The fourth-order valence-electron chi connectivity index (χ4n) is 3.32. The third-order valence-electron chi connectivity index (χ3n) is 4.70. The largest absolute Gasteiger partial charge is 0.507 e. The summed E-state index contributed by atoms with van der Waals surface area (Å²) >= 11 is 3.39. The summed E-state index contributed by atoms with van der Waals surface area (Å²) < 4.78 is 11.4. The minimum absolute atomic E-state index is 0.0672. The third kappa shape index (κ3) is 4.36. The van der Waals surface area contributed by atoms with E-state index >= 15 is 0 Å². The normalized spacial score (nSPS) is 18.3. The van der Waals surface area contributed by atoms with Gasteiger partial charge >= 0.3 is 0 Å². The van der Waals surface area contributed by atoms with Gasteiger partial charge < -0.3 is 19.5 Å². The highest BCUT2D eigenvalue weighted by molar-refractivity contribution is 9.10. The molecule has 1 aliphatic heterocycles. The fraction of sp³-hybridized carbons (Fsp3) is 0.273. The monoisotopic (exact) mass is 459 g/mol. The van der Waals surface area contributed by atoms with Crippen LogP contribution in [0.25, 0.3) is 5.76 Å². The number of ether oxygens (including phenoxy) is 2. The Morgan fingerprint density at radius 1 is 1.10 bits per heavy atom. The van der Waals surface area contributed by atoms with Gasteiger partial charge in [-0.1, -0.05) is 28.1 Å². The smallest absolute Gasteiger partial charge is 0.295 e. The van der Waals surface area contributed by atoms with Crippen molar-refractivity contribution in [2.24, 2.45) is 0 Å². The fourth-order valence-corrected chi connectivity index (χ4v) is 3.59. The number of nitrogens with zero attached hydrogens (tertiary/aromatic N) is 1. The highest BCUT2D eigenvalue weighted by Gasteiger charge is 2.45. The van der Waals surface area contributed by atoms with Crippen molar-refractivity contribution in [2.45, 2.75) is 13.0 Å². The number of amides is 1. The molecule has 0 bridgehead atoms. The molecule has 0 spiro atoms. The standard InChI is InChI=1S/C22H22BrNO5/c1-3-29-17-10-6-15(7-11-17)20(25)18-19(14-4-8-16(23)9-5-14)24(12-13-28-2)22(27)21(18)26/h4-11,19,25H,3,12-13H2,1-2H3/b20-18+. The maximum atomic E-state index is 12.8. The lowest BCUT2D eigenvalue weighted by Gasteiger charge is -2.25. The van der Waals surface area contributed by atoms with E-state index in [0.29, 0.717) is 17.9 Å². The second-order valence-electron chi connectivity index (χ2n) is 6.49. The predicted molar refractivity (Wildman–Crippen MR) is 113 cm³/mol. The SMILES string of the molecule is CCOc1ccc(/C(O)=C2\C(=O)C(=O)N(CCOC)C2c2ccc(Br)cc2)cc1. The Balaban J connectivity index is 2.09. The van der Waals surface area contributed by atoms with Crippen LogP contribution in [0, 0.1) is 0 Å². The molecule has 1 atom stereocenters. The number of carbonyl (C=O) groups excluding carboxylic acids is 2. The molecule has 2 aromatic carbocycles. The average Bonchev–Trinajstić information content (AvgIpc) is 2.98. The van der Waals surface area contributed by atoms with Crippen LogP contribution in [0.3, 0.4) is 0 Å². The quantitative estimate of drug-likeness (QED) is 0.385. The van der Waals surface area contributed by atoms with Crippen molar-refractivity contribution in [3.05, 3.63) is 69.7 Å². The van der Waals surface area contributed by atoms with E-state index in [9.17, 15) is 14.7 Å². The van der Waals surface area contributed by atoms with Crippen LogP contribution in [0.15, 0.2) is 58.6 Å². The number of methoxy groups -OCH3 is 1. The summed E-state index contributed by atoms with van der Waals surface area (Å²) in [5.74, 6) is -0.906. The number of aliphatic hydroxyl groups excluding tert-OH is 1. The van der Waals surface area contributed by atoms with Crippen molar-refractivity contribution < 1.29 is 24.2 Å². The van der Waals surface area contributed by atoms with E-state index in [2.05, 4.69) is 15.9 Å². The number of halogens is 1. The Morgan fingerprint density at radius 2 is 1.76 bits per heavy atom. The van der Waals surface area contributed by atoms with Gasteiger partial charge in [0.15, 0.2) is 0 Å². The highest BCUT2D eigenvalue weighted by atomic mass is 79.9. The van der Waals surface area contributed by atoms with Gasteiger partial charge in [-0.15, -0.1) is 0 Å². The van der Waals surface area contributed by atoms with Crippen LogP contribution in [0.1, 0.15) is 24.1 Å². The molecule has 2 aromatic rings. The minimum Gasteiger partial charge on any atom is -0.507 e. The molecule has 0 aliphatic carbocycles. The molecular weight excluding hydrogens is 438 g/mol. The van der Waals surface area contributed by atoms with Gasteiger partial charge in [-0.05, 0) is 48.9 Å². The van der Waals surface area contributed by atoms with Crippen LogP contribution >= 0.6 is 15.9 Å². The summed E-state index contributed by atoms with van der Waals surface area (Å²) in [6, 6.07) is 13.4. The topological polar surface area (TPSA) is 76.1 Å². The molecule has 1 amide bonds. The summed E-state index contributed by atoms with van der Waals surface area (Å²) in [6.45, 7) is 2.93. The first-order chi connectivity index (χ1) is 14.0. The molecule has 0 radical (unpaired) electrons. The molecule has 3 rings (SSSR count). The molecule has 152 valence electrons. The zero-order valence-electron chi connectivity index (χ0n) is 16.2. The van der Waals surface area contributed by atoms with E-state index in [4.69, 9.17) is 9.47 Å². The maximum absolute atomic E-state index is 12.8. The van der Waals surface area contributed by atoms with Crippen molar-refractivity contribution in [3.63, 3.8) is 0 Å². The van der Waals surface area contributed by atoms with Crippen molar-refractivity contribution in [3.8, 4) is 5.75 Å². The highest BCUT2D eigenvalue weighted by Crippen LogP contribution is 2.39. The van der Waals surface area contributed by atoms with E-state index < -0.39 is 17.7 Å². The predicted octanol–water partition coefficient (Wildman–Crippen LogP) is 3.92. The Morgan fingerprint density at radius 3 is 2.34 bits per heavy atom. The molecule has 1 fully saturated rings. The van der Waals surface area contributed by atoms with Gasteiger partial charge in [0.25, 0.3) is 11.7 Å². The molecule has 1 aliphatic rings. The Bertz CT molecular complexity index is 921. The summed E-state index contributed by atoms with van der Waals surface area (Å²) in [6.07, 6.45) is 0. The number of likely N-dealkylation sites (tertiary alicyclic amines) is 1. The number of ketones is 1. The van der Waals surface area contributed by atoms with Crippen molar-refractivity contribution in [1.29, 1.82) is 0 Å². The number of benzene rings is 2. The summed E-state index contributed by atoms with van der Waals surface area (Å²) in [7, 11) is 1.53. The minimum atomic E-state index is -0.708. The number of hydrogen-bond donors (Lipinski definition) is 1. The average molecular weight is 460 g/mol. The van der Waals surface area contributed by atoms with Crippen molar-refractivity contribution in [2.75, 3.05) is 26.9 Å². The lowest BCUT2D eigenvalue weighted by atomic mass is 9.95. The van der Waals surface area contributed by atoms with E-state index in [1.807, 2.05) is 31.2 Å². The second-order valence-corrected chi connectivity index (χ2v) is 7.41. The van der Waals surface area contributed by atoms with E-state index in [-0.39, 0.29) is 24.5 Å². The van der Waals surface area contributed by atoms with Crippen LogP contribution in [0.5, 0.6) is 5.75 Å². The van der Waals surface area contributed by atoms with E-state index in [1.54, 1.807) is 24.3 Å². The second kappa shape index (κ2) is 9.24. The molecule has 29 heavy (non-hydrogen) atoms. The lowest BCUT2D eigenvalue weighted by molar-refractivity contribution is -0.140. The van der Waals surface area contributed by atoms with Gasteiger partial charge in [0.1, 0.15) is 11.5 Å². The maximum Gasteiger partial charge on any atom is 0.295 e. The van der Waals surface area contributed by atoms with Crippen LogP contribution in [-0.4, -0.2) is 48.6 Å². The van der Waals surface area contributed by atoms with Gasteiger partial charge in [0, 0.05) is 23.7 Å².